The number of allylic oxidation sites excluding steroid dienone is 2. The van der Waals surface area contributed by atoms with Crippen LogP contribution >= 0.6 is 22.7 Å². The van der Waals surface area contributed by atoms with E-state index in [9.17, 15) is 19.2 Å². The number of rotatable bonds is 2. The van der Waals surface area contributed by atoms with Crippen LogP contribution in [0, 0.1) is 0 Å². The summed E-state index contributed by atoms with van der Waals surface area (Å²) < 4.78 is 8.45. The van der Waals surface area contributed by atoms with Crippen molar-refractivity contribution in [1.82, 2.24) is 9.13 Å². The number of nitrogens with zero attached hydrogens (tertiary/aromatic N) is 2. The van der Waals surface area contributed by atoms with Crippen LogP contribution in [-0.4, -0.2) is 32.3 Å². The second kappa shape index (κ2) is 10.9. The van der Waals surface area contributed by atoms with Gasteiger partial charge in [-0.25, -0.2) is 0 Å². The summed E-state index contributed by atoms with van der Waals surface area (Å²) in [6, 6.07) is 36.0. The van der Waals surface area contributed by atoms with Crippen molar-refractivity contribution in [3.63, 3.8) is 0 Å². The zero-order valence-corrected chi connectivity index (χ0v) is 31.5. The number of aromatic nitrogens is 2. The van der Waals surface area contributed by atoms with Crippen LogP contribution in [0.25, 0.3) is 85.1 Å². The summed E-state index contributed by atoms with van der Waals surface area (Å²) >= 11 is 3.32. The van der Waals surface area contributed by atoms with Crippen molar-refractivity contribution in [3.8, 4) is 0 Å². The fraction of sp³-hybridized carbons (Fsp3) is 0.0417. The molecule has 2 aliphatic carbocycles. The van der Waals surface area contributed by atoms with Gasteiger partial charge in [-0.2, -0.15) is 0 Å². The maximum absolute atomic E-state index is 13.7. The van der Waals surface area contributed by atoms with Crippen LogP contribution in [0.5, 0.6) is 0 Å². The Morgan fingerprint density at radius 3 is 1.02 bits per heavy atom. The van der Waals surface area contributed by atoms with Crippen LogP contribution in [0.2, 0.25) is 0 Å². The zero-order chi connectivity index (χ0) is 37.7. The number of ketones is 4. The first-order valence-electron chi connectivity index (χ1n) is 18.3. The Labute approximate surface area is 325 Å². The van der Waals surface area contributed by atoms with Crippen molar-refractivity contribution in [2.75, 3.05) is 0 Å². The monoisotopic (exact) mass is 758 g/mol. The molecule has 8 heteroatoms. The van der Waals surface area contributed by atoms with Gasteiger partial charge in [0, 0.05) is 47.7 Å². The number of carbonyl (C=O) groups excluding carboxylic acids is 4. The predicted octanol–water partition coefficient (Wildman–Crippen LogP) is 11.5. The third-order valence-corrected chi connectivity index (χ3v) is 14.1. The minimum absolute atomic E-state index is 0.179. The largest absolute Gasteiger partial charge is 0.342 e. The molecule has 0 spiro atoms. The Morgan fingerprint density at radius 1 is 0.411 bits per heavy atom. The Bertz CT molecular complexity index is 3250. The number of benzene rings is 6. The number of aryl methyl sites for hydroxylation is 2. The van der Waals surface area contributed by atoms with Gasteiger partial charge >= 0.3 is 0 Å². The predicted molar refractivity (Wildman–Crippen MR) is 229 cm³/mol. The number of hydrogen-bond acceptors (Lipinski definition) is 6. The SMILES string of the molecule is Cn1c(C=C2C(=O)c3cc4cc5ccccc5cc4cc3C2=O)cc2sc3c(sc4cc(C=C5C(=O)c6cc7cc8ccccc8cc7cc6C5=O)n(C)c43)c21. The van der Waals surface area contributed by atoms with E-state index >= 15 is 0 Å². The molecule has 0 unspecified atom stereocenters. The highest BCUT2D eigenvalue weighted by Gasteiger charge is 2.35. The molecular formula is C48H26N2O4S2. The van der Waals surface area contributed by atoms with Gasteiger partial charge in [-0.05, 0) is 116 Å². The van der Waals surface area contributed by atoms with Crippen molar-refractivity contribution in [1.29, 1.82) is 0 Å². The van der Waals surface area contributed by atoms with Gasteiger partial charge in [0.1, 0.15) is 0 Å². The molecule has 12 rings (SSSR count). The van der Waals surface area contributed by atoms with E-state index in [-0.39, 0.29) is 34.3 Å². The maximum Gasteiger partial charge on any atom is 0.197 e. The number of thiophene rings is 2. The molecule has 0 amide bonds. The van der Waals surface area contributed by atoms with E-state index in [1.165, 1.54) is 0 Å². The average Bonchev–Trinajstić information content (AvgIpc) is 3.99. The van der Waals surface area contributed by atoms with Crippen molar-refractivity contribution in [3.05, 3.63) is 154 Å². The van der Waals surface area contributed by atoms with E-state index in [4.69, 9.17) is 0 Å². The first kappa shape index (κ1) is 31.6. The first-order valence-corrected chi connectivity index (χ1v) is 19.9. The third-order valence-electron chi connectivity index (χ3n) is 11.8. The van der Waals surface area contributed by atoms with Crippen LogP contribution < -0.4 is 0 Å². The van der Waals surface area contributed by atoms with Crippen LogP contribution in [0.4, 0.5) is 0 Å². The van der Waals surface area contributed by atoms with E-state index in [1.807, 2.05) is 99.0 Å². The highest BCUT2D eigenvalue weighted by Crippen LogP contribution is 2.47. The average molecular weight is 759 g/mol. The third kappa shape index (κ3) is 4.20. The van der Waals surface area contributed by atoms with Crippen LogP contribution in [0.15, 0.2) is 120 Å². The molecule has 0 aliphatic heterocycles. The van der Waals surface area contributed by atoms with Crippen LogP contribution in [-0.2, 0) is 14.1 Å². The van der Waals surface area contributed by atoms with Gasteiger partial charge in [0.2, 0.25) is 0 Å². The lowest BCUT2D eigenvalue weighted by atomic mass is 9.99. The van der Waals surface area contributed by atoms with Gasteiger partial charge in [-0.3, -0.25) is 19.2 Å². The molecule has 0 radical (unpaired) electrons. The van der Waals surface area contributed by atoms with E-state index in [1.54, 1.807) is 34.8 Å². The number of fused-ring (bicyclic) bond motifs is 11. The summed E-state index contributed by atoms with van der Waals surface area (Å²) in [5.74, 6) is -0.991. The van der Waals surface area contributed by atoms with Gasteiger partial charge in [0.15, 0.2) is 23.1 Å². The normalized spacial score (nSPS) is 14.3. The molecule has 6 nitrogen and oxygen atoms in total. The van der Waals surface area contributed by atoms with E-state index in [0.29, 0.717) is 22.3 Å². The van der Waals surface area contributed by atoms with Crippen molar-refractivity contribution < 1.29 is 19.2 Å². The zero-order valence-electron chi connectivity index (χ0n) is 29.9. The summed E-state index contributed by atoms with van der Waals surface area (Å²) in [6.45, 7) is 0. The van der Waals surface area contributed by atoms with Crippen molar-refractivity contribution >= 4 is 131 Å². The topological polar surface area (TPSA) is 78.1 Å². The lowest BCUT2D eigenvalue weighted by Crippen LogP contribution is -2.02. The Morgan fingerprint density at radius 2 is 0.714 bits per heavy atom. The molecule has 0 saturated carbocycles. The molecule has 4 heterocycles. The van der Waals surface area contributed by atoms with E-state index < -0.39 is 0 Å². The molecule has 10 aromatic rings. The summed E-state index contributed by atoms with van der Waals surface area (Å²) in [6.07, 6.45) is 3.47. The quantitative estimate of drug-likeness (QED) is 0.0999. The molecule has 0 bridgehead atoms. The van der Waals surface area contributed by atoms with Gasteiger partial charge in [-0.1, -0.05) is 48.5 Å². The van der Waals surface area contributed by atoms with E-state index in [0.717, 1.165) is 84.3 Å². The van der Waals surface area contributed by atoms with Gasteiger partial charge in [-0.15, -0.1) is 22.7 Å². The minimum Gasteiger partial charge on any atom is -0.342 e. The Kier molecular flexibility index (Phi) is 6.17. The Balaban J connectivity index is 0.904. The van der Waals surface area contributed by atoms with Crippen LogP contribution in [0.1, 0.15) is 52.8 Å². The first-order chi connectivity index (χ1) is 27.2. The summed E-state index contributed by atoms with van der Waals surface area (Å²) in [5.41, 5.74) is 5.81. The fourth-order valence-corrected chi connectivity index (χ4v) is 11.8. The summed E-state index contributed by atoms with van der Waals surface area (Å²) in [5, 5.41) is 8.09. The highest BCUT2D eigenvalue weighted by atomic mass is 32.1. The maximum atomic E-state index is 13.7. The molecule has 0 atom stereocenters. The molecular weight excluding hydrogens is 733 g/mol. The van der Waals surface area contributed by atoms with Gasteiger partial charge in [0.05, 0.1) is 41.0 Å². The Hall–Kier alpha value is -6.74. The molecule has 0 N–H and O–H groups in total. The van der Waals surface area contributed by atoms with Crippen molar-refractivity contribution in [2.45, 2.75) is 0 Å². The number of hydrogen-bond donors (Lipinski definition) is 0. The molecule has 56 heavy (non-hydrogen) atoms. The molecule has 6 aromatic carbocycles. The lowest BCUT2D eigenvalue weighted by molar-refractivity contribution is 0.0975. The molecule has 0 saturated heterocycles. The number of carbonyl (C=O) groups is 4. The molecule has 0 fully saturated rings. The fourth-order valence-electron chi connectivity index (χ4n) is 8.85. The van der Waals surface area contributed by atoms with E-state index in [2.05, 4.69) is 33.4 Å². The minimum atomic E-state index is -0.248. The van der Waals surface area contributed by atoms with Gasteiger partial charge < -0.3 is 9.13 Å². The highest BCUT2D eigenvalue weighted by molar-refractivity contribution is 7.36. The number of Topliss-reactive ketones (excluding diaryl/α,β-unsaturated/α-hetero) is 4. The van der Waals surface area contributed by atoms with Crippen LogP contribution in [0.3, 0.4) is 0 Å². The molecule has 4 aromatic heterocycles. The second-order valence-electron chi connectivity index (χ2n) is 14.9. The summed E-state index contributed by atoms with van der Waals surface area (Å²) in [4.78, 5) is 54.9. The standard InChI is InChI=1S/C48H26N2O4S2/c1-49-31(19-37-43(51)33-15-27-11-23-7-3-4-8-24(23)12-28(27)16-34(33)44(37)52)21-39-41(49)47-48(55-39)42-40(56-47)22-32(50(42)2)20-38-45(53)35-17-29-13-25-9-5-6-10-26(25)14-30(29)18-36(35)46(38)54/h3-22H,1-2H3. The lowest BCUT2D eigenvalue weighted by Gasteiger charge is -2.04. The van der Waals surface area contributed by atoms with Crippen molar-refractivity contribution in [2.24, 2.45) is 14.1 Å². The second-order valence-corrected chi connectivity index (χ2v) is 17.0. The molecule has 2 aliphatic rings. The summed E-state index contributed by atoms with van der Waals surface area (Å²) in [7, 11) is 3.94. The van der Waals surface area contributed by atoms with Gasteiger partial charge in [0.25, 0.3) is 0 Å². The smallest absolute Gasteiger partial charge is 0.197 e. The molecule has 264 valence electrons.